The summed E-state index contributed by atoms with van der Waals surface area (Å²) in [7, 11) is 0. The summed E-state index contributed by atoms with van der Waals surface area (Å²) >= 11 is 0. The van der Waals surface area contributed by atoms with E-state index in [-0.39, 0.29) is 6.04 Å². The molecule has 2 rings (SSSR count). The molecular formula is C10H12N2O. The third-order valence-corrected chi connectivity index (χ3v) is 2.77. The molecule has 0 aliphatic heterocycles. The van der Waals surface area contributed by atoms with E-state index in [0.717, 1.165) is 18.5 Å². The van der Waals surface area contributed by atoms with Gasteiger partial charge in [0.25, 0.3) is 0 Å². The molecule has 0 fully saturated rings. The van der Waals surface area contributed by atoms with Gasteiger partial charge in [0.05, 0.1) is 5.69 Å². The van der Waals surface area contributed by atoms with Crippen LogP contribution in [0.2, 0.25) is 0 Å². The summed E-state index contributed by atoms with van der Waals surface area (Å²) in [6.45, 7) is 2.09. The van der Waals surface area contributed by atoms with E-state index < -0.39 is 0 Å². The van der Waals surface area contributed by atoms with E-state index in [4.69, 9.17) is 0 Å². The van der Waals surface area contributed by atoms with Crippen LogP contribution in [-0.4, -0.2) is 4.98 Å². The zero-order chi connectivity index (χ0) is 9.26. The number of nitrogens with zero attached hydrogens (tertiary/aromatic N) is 2. The molecule has 1 aromatic heterocycles. The summed E-state index contributed by atoms with van der Waals surface area (Å²) in [6.07, 6.45) is 3.68. The minimum Gasteiger partial charge on any atom is -0.259 e. The molecule has 1 heterocycles. The highest BCUT2D eigenvalue weighted by molar-refractivity contribution is 5.29. The average Bonchev–Trinajstić information content (AvgIpc) is 2.55. The minimum absolute atomic E-state index is 0.207. The van der Waals surface area contributed by atoms with Crippen molar-refractivity contribution in [3.8, 4) is 0 Å². The quantitative estimate of drug-likeness (QED) is 0.649. The van der Waals surface area contributed by atoms with Crippen molar-refractivity contribution in [3.05, 3.63) is 34.5 Å². The smallest absolute Gasteiger partial charge is 0.137 e. The van der Waals surface area contributed by atoms with Crippen LogP contribution in [0.4, 0.5) is 0 Å². The van der Waals surface area contributed by atoms with E-state index in [2.05, 4.69) is 17.1 Å². The van der Waals surface area contributed by atoms with Gasteiger partial charge in [0.15, 0.2) is 0 Å². The minimum atomic E-state index is -0.207. The normalized spacial score (nSPS) is 25.6. The fraction of sp³-hybridized carbons (Fsp3) is 0.500. The molecule has 0 saturated carbocycles. The Hall–Kier alpha value is -1.25. The van der Waals surface area contributed by atoms with Crippen molar-refractivity contribution in [1.29, 1.82) is 0 Å². The molecule has 3 heteroatoms. The Bertz CT molecular complexity index is 324. The molecular weight excluding hydrogens is 164 g/mol. The van der Waals surface area contributed by atoms with E-state index in [1.54, 1.807) is 6.20 Å². The molecule has 2 unspecified atom stereocenters. The second kappa shape index (κ2) is 3.24. The van der Waals surface area contributed by atoms with Crippen LogP contribution in [0, 0.1) is 10.8 Å². The van der Waals surface area contributed by atoms with Crippen molar-refractivity contribution >= 4 is 0 Å². The number of nitroso groups, excluding NO2 is 1. The summed E-state index contributed by atoms with van der Waals surface area (Å²) in [5.41, 5.74) is 2.09. The Morgan fingerprint density at radius 2 is 2.54 bits per heavy atom. The first kappa shape index (κ1) is 8.35. The molecule has 68 valence electrons. The Kier molecular flexibility index (Phi) is 2.08. The van der Waals surface area contributed by atoms with Gasteiger partial charge in [-0.3, -0.25) is 4.98 Å². The van der Waals surface area contributed by atoms with Crippen molar-refractivity contribution in [2.45, 2.75) is 25.8 Å². The van der Waals surface area contributed by atoms with Gasteiger partial charge in [0.1, 0.15) is 6.04 Å². The van der Waals surface area contributed by atoms with Gasteiger partial charge in [-0.25, -0.2) is 0 Å². The van der Waals surface area contributed by atoms with Gasteiger partial charge >= 0.3 is 0 Å². The van der Waals surface area contributed by atoms with Crippen LogP contribution in [0.5, 0.6) is 0 Å². The lowest BCUT2D eigenvalue weighted by molar-refractivity contribution is 0.448. The lowest BCUT2D eigenvalue weighted by atomic mass is 10.0. The SMILES string of the molecule is CCC1Cc2cccnc2C1N=O. The fourth-order valence-electron chi connectivity index (χ4n) is 2.01. The van der Waals surface area contributed by atoms with E-state index in [1.807, 2.05) is 12.1 Å². The standard InChI is InChI=1S/C10H12N2O/c1-2-7-6-8-4-3-5-11-9(8)10(7)12-13/h3-5,7,10H,2,6H2,1H3. The molecule has 0 spiro atoms. The van der Waals surface area contributed by atoms with Gasteiger partial charge in [0, 0.05) is 6.20 Å². The lowest BCUT2D eigenvalue weighted by Crippen LogP contribution is -2.03. The summed E-state index contributed by atoms with van der Waals surface area (Å²) in [5.74, 6) is 0.363. The van der Waals surface area contributed by atoms with Gasteiger partial charge in [-0.2, -0.15) is 4.91 Å². The second-order valence-electron chi connectivity index (χ2n) is 3.47. The van der Waals surface area contributed by atoms with Crippen LogP contribution in [0.25, 0.3) is 0 Å². The van der Waals surface area contributed by atoms with Crippen LogP contribution in [-0.2, 0) is 6.42 Å². The molecule has 0 aromatic carbocycles. The van der Waals surface area contributed by atoms with Gasteiger partial charge in [0.2, 0.25) is 0 Å². The number of hydrogen-bond acceptors (Lipinski definition) is 3. The van der Waals surface area contributed by atoms with Crippen molar-refractivity contribution in [2.75, 3.05) is 0 Å². The second-order valence-corrected chi connectivity index (χ2v) is 3.47. The molecule has 0 bridgehead atoms. The van der Waals surface area contributed by atoms with Crippen molar-refractivity contribution in [2.24, 2.45) is 11.1 Å². The zero-order valence-corrected chi connectivity index (χ0v) is 7.60. The Morgan fingerprint density at radius 1 is 1.69 bits per heavy atom. The summed E-state index contributed by atoms with van der Waals surface area (Å²) in [4.78, 5) is 14.9. The molecule has 0 amide bonds. The number of hydrogen-bond donors (Lipinski definition) is 0. The Balaban J connectivity index is 2.39. The Labute approximate surface area is 77.2 Å². The van der Waals surface area contributed by atoms with E-state index in [1.165, 1.54) is 5.56 Å². The maximum atomic E-state index is 10.6. The predicted molar refractivity (Wildman–Crippen MR) is 50.3 cm³/mol. The van der Waals surface area contributed by atoms with Crippen LogP contribution in [0.15, 0.2) is 23.5 Å². The van der Waals surface area contributed by atoms with Crippen molar-refractivity contribution in [1.82, 2.24) is 4.98 Å². The molecule has 1 aromatic rings. The third kappa shape index (κ3) is 1.24. The molecule has 2 atom stereocenters. The topological polar surface area (TPSA) is 42.3 Å². The molecule has 3 nitrogen and oxygen atoms in total. The average molecular weight is 176 g/mol. The highest BCUT2D eigenvalue weighted by Gasteiger charge is 2.33. The van der Waals surface area contributed by atoms with Crippen molar-refractivity contribution < 1.29 is 0 Å². The van der Waals surface area contributed by atoms with Crippen LogP contribution < -0.4 is 0 Å². The highest BCUT2D eigenvalue weighted by atomic mass is 16.3. The highest BCUT2D eigenvalue weighted by Crippen LogP contribution is 2.38. The largest absolute Gasteiger partial charge is 0.259 e. The molecule has 13 heavy (non-hydrogen) atoms. The maximum absolute atomic E-state index is 10.6. The zero-order valence-electron chi connectivity index (χ0n) is 7.60. The van der Waals surface area contributed by atoms with Gasteiger partial charge in [-0.15, -0.1) is 0 Å². The summed E-state index contributed by atoms with van der Waals surface area (Å²) in [6, 6.07) is 3.75. The van der Waals surface area contributed by atoms with Crippen LogP contribution >= 0.6 is 0 Å². The number of aromatic nitrogens is 1. The summed E-state index contributed by atoms with van der Waals surface area (Å²) < 4.78 is 0. The van der Waals surface area contributed by atoms with E-state index in [9.17, 15) is 4.91 Å². The molecule has 0 saturated heterocycles. The lowest BCUT2D eigenvalue weighted by Gasteiger charge is -2.08. The third-order valence-electron chi connectivity index (χ3n) is 2.77. The summed E-state index contributed by atoms with van der Waals surface area (Å²) in [5, 5.41) is 3.17. The monoisotopic (exact) mass is 176 g/mol. The van der Waals surface area contributed by atoms with E-state index in [0.29, 0.717) is 5.92 Å². The van der Waals surface area contributed by atoms with Crippen LogP contribution in [0.1, 0.15) is 30.6 Å². The molecule has 1 aliphatic rings. The van der Waals surface area contributed by atoms with Gasteiger partial charge in [-0.1, -0.05) is 24.6 Å². The first-order valence-corrected chi connectivity index (χ1v) is 4.63. The Morgan fingerprint density at radius 3 is 3.23 bits per heavy atom. The van der Waals surface area contributed by atoms with Gasteiger partial charge < -0.3 is 0 Å². The number of rotatable bonds is 2. The van der Waals surface area contributed by atoms with Gasteiger partial charge in [-0.05, 0) is 24.0 Å². The van der Waals surface area contributed by atoms with Crippen molar-refractivity contribution in [3.63, 3.8) is 0 Å². The van der Waals surface area contributed by atoms with E-state index >= 15 is 0 Å². The fourth-order valence-corrected chi connectivity index (χ4v) is 2.01. The predicted octanol–water partition coefficient (Wildman–Crippen LogP) is 2.47. The number of fused-ring (bicyclic) bond motifs is 1. The first-order chi connectivity index (χ1) is 6.36. The molecule has 1 aliphatic carbocycles. The molecule has 0 N–H and O–H groups in total. The molecule has 0 radical (unpaired) electrons. The first-order valence-electron chi connectivity index (χ1n) is 4.63. The maximum Gasteiger partial charge on any atom is 0.137 e. The van der Waals surface area contributed by atoms with Crippen LogP contribution in [0.3, 0.4) is 0 Å². The number of pyridine rings is 1.